The second kappa shape index (κ2) is 8.20. The summed E-state index contributed by atoms with van der Waals surface area (Å²) in [5, 5.41) is 5.60. The molecule has 132 valence electrons. The Balaban J connectivity index is 1.55. The number of amides is 1. The van der Waals surface area contributed by atoms with Gasteiger partial charge in [0.1, 0.15) is 17.3 Å². The monoisotopic (exact) mass is 353 g/mol. The van der Waals surface area contributed by atoms with Gasteiger partial charge in [0.05, 0.1) is 17.6 Å². The molecular weight excluding hydrogens is 336 g/mol. The predicted molar refractivity (Wildman–Crippen MR) is 97.2 cm³/mol. The van der Waals surface area contributed by atoms with Crippen LogP contribution in [0, 0.1) is 11.6 Å². The Kier molecular flexibility index (Phi) is 5.53. The molecule has 1 heterocycles. The van der Waals surface area contributed by atoms with Crippen LogP contribution in [0.4, 0.5) is 20.2 Å². The van der Waals surface area contributed by atoms with Gasteiger partial charge in [0.25, 0.3) is 5.91 Å². The maximum Gasteiger partial charge on any atom is 0.274 e. The molecule has 1 amide bonds. The first-order valence-corrected chi connectivity index (χ1v) is 8.13. The van der Waals surface area contributed by atoms with Gasteiger partial charge in [-0.3, -0.25) is 4.79 Å². The first kappa shape index (κ1) is 17.5. The average molecular weight is 353 g/mol. The van der Waals surface area contributed by atoms with Crippen LogP contribution in [0.15, 0.2) is 66.9 Å². The molecule has 0 atom stereocenters. The number of aromatic nitrogens is 1. The fraction of sp³-hybridized carbons (Fsp3) is 0.100. The van der Waals surface area contributed by atoms with Crippen LogP contribution >= 0.6 is 0 Å². The number of hydrogen-bond donors (Lipinski definition) is 2. The molecule has 0 unspecified atom stereocenters. The molecule has 0 saturated heterocycles. The zero-order chi connectivity index (χ0) is 18.4. The number of nitrogens with zero attached hydrogens (tertiary/aromatic N) is 1. The van der Waals surface area contributed by atoms with Gasteiger partial charge >= 0.3 is 0 Å². The third kappa shape index (κ3) is 4.42. The van der Waals surface area contributed by atoms with E-state index in [4.69, 9.17) is 0 Å². The van der Waals surface area contributed by atoms with E-state index in [2.05, 4.69) is 15.6 Å². The van der Waals surface area contributed by atoms with Gasteiger partial charge < -0.3 is 10.6 Å². The van der Waals surface area contributed by atoms with Crippen LogP contribution in [0.5, 0.6) is 0 Å². The van der Waals surface area contributed by atoms with Crippen molar-refractivity contribution in [1.82, 2.24) is 4.98 Å². The van der Waals surface area contributed by atoms with Gasteiger partial charge in [-0.05, 0) is 42.3 Å². The fourth-order valence-corrected chi connectivity index (χ4v) is 2.42. The van der Waals surface area contributed by atoms with Crippen molar-refractivity contribution in [2.45, 2.75) is 6.42 Å². The first-order valence-electron chi connectivity index (χ1n) is 8.13. The minimum absolute atomic E-state index is 0.103. The SMILES string of the molecule is O=C(Nc1ccccc1F)c1ccc(NCCc2ccccc2F)cn1. The van der Waals surface area contributed by atoms with Crippen LogP contribution in [-0.4, -0.2) is 17.4 Å². The lowest BCUT2D eigenvalue weighted by Gasteiger charge is -2.08. The highest BCUT2D eigenvalue weighted by Crippen LogP contribution is 2.14. The highest BCUT2D eigenvalue weighted by molar-refractivity contribution is 6.03. The van der Waals surface area contributed by atoms with Crippen LogP contribution in [0.25, 0.3) is 0 Å². The Bertz CT molecular complexity index is 898. The predicted octanol–water partition coefficient (Wildman–Crippen LogP) is 4.27. The van der Waals surface area contributed by atoms with E-state index in [0.29, 0.717) is 24.2 Å². The zero-order valence-electron chi connectivity index (χ0n) is 13.9. The molecule has 4 nitrogen and oxygen atoms in total. The van der Waals surface area contributed by atoms with Crippen molar-refractivity contribution >= 4 is 17.3 Å². The molecule has 3 rings (SSSR count). The highest BCUT2D eigenvalue weighted by atomic mass is 19.1. The molecule has 6 heteroatoms. The van der Waals surface area contributed by atoms with Crippen molar-refractivity contribution in [2.75, 3.05) is 17.2 Å². The molecule has 0 radical (unpaired) electrons. The molecule has 0 fully saturated rings. The lowest BCUT2D eigenvalue weighted by Crippen LogP contribution is -2.15. The van der Waals surface area contributed by atoms with Crippen LogP contribution in [0.2, 0.25) is 0 Å². The van der Waals surface area contributed by atoms with Crippen LogP contribution in [0.3, 0.4) is 0 Å². The fourth-order valence-electron chi connectivity index (χ4n) is 2.42. The quantitative estimate of drug-likeness (QED) is 0.696. The second-order valence-electron chi connectivity index (χ2n) is 5.63. The number of carbonyl (C=O) groups excluding carboxylic acids is 1. The number of hydrogen-bond acceptors (Lipinski definition) is 3. The second-order valence-corrected chi connectivity index (χ2v) is 5.63. The van der Waals surface area contributed by atoms with E-state index in [-0.39, 0.29) is 17.2 Å². The van der Waals surface area contributed by atoms with E-state index in [1.54, 1.807) is 42.5 Å². The smallest absolute Gasteiger partial charge is 0.274 e. The number of halogens is 2. The molecule has 0 aliphatic carbocycles. The Morgan fingerprint density at radius 3 is 2.35 bits per heavy atom. The van der Waals surface area contributed by atoms with E-state index in [1.165, 1.54) is 24.4 Å². The average Bonchev–Trinajstić information content (AvgIpc) is 2.66. The van der Waals surface area contributed by atoms with Gasteiger partial charge in [-0.1, -0.05) is 30.3 Å². The molecule has 0 spiro atoms. The summed E-state index contributed by atoms with van der Waals surface area (Å²) in [5.41, 5.74) is 1.62. The minimum Gasteiger partial charge on any atom is -0.383 e. The minimum atomic E-state index is -0.507. The van der Waals surface area contributed by atoms with Crippen molar-refractivity contribution in [3.63, 3.8) is 0 Å². The molecule has 2 aromatic carbocycles. The van der Waals surface area contributed by atoms with Crippen LogP contribution in [-0.2, 0) is 6.42 Å². The maximum atomic E-state index is 13.6. The molecule has 0 bridgehead atoms. The van der Waals surface area contributed by atoms with Crippen molar-refractivity contribution in [3.05, 3.63) is 89.8 Å². The summed E-state index contributed by atoms with van der Waals surface area (Å²) in [6.07, 6.45) is 2.04. The summed E-state index contributed by atoms with van der Waals surface area (Å²) in [4.78, 5) is 16.2. The van der Waals surface area contributed by atoms with Gasteiger partial charge in [0.15, 0.2) is 0 Å². The van der Waals surface area contributed by atoms with Gasteiger partial charge in [-0.2, -0.15) is 0 Å². The molecule has 2 N–H and O–H groups in total. The zero-order valence-corrected chi connectivity index (χ0v) is 13.9. The van der Waals surface area contributed by atoms with Gasteiger partial charge in [0.2, 0.25) is 0 Å². The molecule has 0 aliphatic heterocycles. The summed E-state index contributed by atoms with van der Waals surface area (Å²) in [5.74, 6) is -1.23. The van der Waals surface area contributed by atoms with Crippen molar-refractivity contribution in [1.29, 1.82) is 0 Å². The number of para-hydroxylation sites is 1. The normalized spacial score (nSPS) is 10.4. The topological polar surface area (TPSA) is 54.0 Å². The molecule has 0 aliphatic rings. The molecule has 0 saturated carbocycles. The summed E-state index contributed by atoms with van der Waals surface area (Å²) in [6, 6.07) is 15.8. The van der Waals surface area contributed by atoms with Gasteiger partial charge in [-0.25, -0.2) is 13.8 Å². The van der Waals surface area contributed by atoms with E-state index in [9.17, 15) is 13.6 Å². The maximum absolute atomic E-state index is 13.6. The number of carbonyl (C=O) groups is 1. The van der Waals surface area contributed by atoms with E-state index in [1.807, 2.05) is 0 Å². The van der Waals surface area contributed by atoms with Crippen molar-refractivity contribution in [3.8, 4) is 0 Å². The Hall–Kier alpha value is -3.28. The third-order valence-corrected chi connectivity index (χ3v) is 3.80. The molecule has 26 heavy (non-hydrogen) atoms. The van der Waals surface area contributed by atoms with Crippen molar-refractivity contribution in [2.24, 2.45) is 0 Å². The Morgan fingerprint density at radius 1 is 0.923 bits per heavy atom. The third-order valence-electron chi connectivity index (χ3n) is 3.80. The Morgan fingerprint density at radius 2 is 1.65 bits per heavy atom. The van der Waals surface area contributed by atoms with Crippen LogP contribution < -0.4 is 10.6 Å². The van der Waals surface area contributed by atoms with Gasteiger partial charge in [0, 0.05) is 6.54 Å². The summed E-state index contributed by atoms with van der Waals surface area (Å²) < 4.78 is 27.1. The molecular formula is C20H17F2N3O. The van der Waals surface area contributed by atoms with E-state index in [0.717, 1.165) is 0 Å². The number of anilines is 2. The largest absolute Gasteiger partial charge is 0.383 e. The summed E-state index contributed by atoms with van der Waals surface area (Å²) in [6.45, 7) is 0.531. The van der Waals surface area contributed by atoms with E-state index >= 15 is 0 Å². The highest BCUT2D eigenvalue weighted by Gasteiger charge is 2.10. The van der Waals surface area contributed by atoms with Crippen LogP contribution in [0.1, 0.15) is 16.1 Å². The molecule has 1 aromatic heterocycles. The number of benzene rings is 2. The number of rotatable bonds is 6. The number of nitrogens with one attached hydrogen (secondary N) is 2. The number of pyridine rings is 1. The van der Waals surface area contributed by atoms with E-state index < -0.39 is 11.7 Å². The Labute approximate surface area is 149 Å². The van der Waals surface area contributed by atoms with Crippen molar-refractivity contribution < 1.29 is 13.6 Å². The summed E-state index contributed by atoms with van der Waals surface area (Å²) >= 11 is 0. The molecule has 3 aromatic rings. The lowest BCUT2D eigenvalue weighted by atomic mass is 10.1. The lowest BCUT2D eigenvalue weighted by molar-refractivity contribution is 0.102. The van der Waals surface area contributed by atoms with Gasteiger partial charge in [-0.15, -0.1) is 0 Å². The first-order chi connectivity index (χ1) is 12.6. The standard InChI is InChI=1S/C20H17F2N3O/c21-16-6-2-1-5-14(16)11-12-23-15-9-10-19(24-13-15)20(26)25-18-8-4-3-7-17(18)22/h1-10,13,23H,11-12H2,(H,25,26). The summed E-state index contributed by atoms with van der Waals surface area (Å²) in [7, 11) is 0.